The fourth-order valence-electron chi connectivity index (χ4n) is 4.52. The summed E-state index contributed by atoms with van der Waals surface area (Å²) in [6.45, 7) is 3.58. The number of nitrogens with zero attached hydrogens (tertiary/aromatic N) is 4. The standard InChI is InChI=1S/C23H28N4O2/c1-17-21(25-23(29-17)18-8-3-2-4-9-18)15-26(19-10-5-6-11-19)16-22(28)27-13-7-12-20(27)14-24/h2-4,8-9,19-20H,5-7,10-13,15-16H2,1H3. The van der Waals surface area contributed by atoms with Crippen molar-refractivity contribution in [3.8, 4) is 17.5 Å². The fourth-order valence-corrected chi connectivity index (χ4v) is 4.52. The number of carbonyl (C=O) groups is 1. The average Bonchev–Trinajstić information content (AvgIpc) is 3.49. The van der Waals surface area contributed by atoms with Gasteiger partial charge in [0.1, 0.15) is 11.8 Å². The molecule has 2 aromatic rings. The summed E-state index contributed by atoms with van der Waals surface area (Å²) in [6, 6.07) is 12.3. The Bertz CT molecular complexity index is 880. The molecule has 0 bridgehead atoms. The van der Waals surface area contributed by atoms with E-state index in [4.69, 9.17) is 9.40 Å². The zero-order valence-corrected chi connectivity index (χ0v) is 17.0. The van der Waals surface area contributed by atoms with Crippen LogP contribution in [-0.4, -0.2) is 45.9 Å². The van der Waals surface area contributed by atoms with Gasteiger partial charge in [0.2, 0.25) is 11.8 Å². The first-order valence-corrected chi connectivity index (χ1v) is 10.6. The number of amides is 1. The normalized spacial score (nSPS) is 19.8. The number of hydrogen-bond acceptors (Lipinski definition) is 5. The molecule has 1 amide bonds. The predicted octanol–water partition coefficient (Wildman–Crippen LogP) is 3.91. The van der Waals surface area contributed by atoms with E-state index in [-0.39, 0.29) is 11.9 Å². The lowest BCUT2D eigenvalue weighted by Crippen LogP contribution is -2.45. The number of aromatic nitrogens is 1. The molecule has 1 aromatic heterocycles. The first-order chi connectivity index (χ1) is 14.2. The van der Waals surface area contributed by atoms with Crippen molar-refractivity contribution in [2.75, 3.05) is 13.1 Å². The van der Waals surface area contributed by atoms with Crippen molar-refractivity contribution in [3.05, 3.63) is 41.8 Å². The highest BCUT2D eigenvalue weighted by atomic mass is 16.4. The molecular weight excluding hydrogens is 364 g/mol. The Balaban J connectivity index is 1.51. The summed E-state index contributed by atoms with van der Waals surface area (Å²) in [5.41, 5.74) is 1.85. The van der Waals surface area contributed by atoms with Crippen molar-refractivity contribution in [2.45, 2.75) is 64.1 Å². The smallest absolute Gasteiger partial charge is 0.237 e. The predicted molar refractivity (Wildman–Crippen MR) is 110 cm³/mol. The minimum Gasteiger partial charge on any atom is -0.441 e. The maximum atomic E-state index is 13.0. The second kappa shape index (κ2) is 8.79. The maximum absolute atomic E-state index is 13.0. The van der Waals surface area contributed by atoms with Crippen LogP contribution in [0, 0.1) is 18.3 Å². The van der Waals surface area contributed by atoms with Gasteiger partial charge in [-0.15, -0.1) is 0 Å². The van der Waals surface area contributed by atoms with E-state index in [1.807, 2.05) is 37.3 Å². The van der Waals surface area contributed by atoms with E-state index in [2.05, 4.69) is 11.0 Å². The average molecular weight is 393 g/mol. The third-order valence-corrected chi connectivity index (χ3v) is 6.17. The highest BCUT2D eigenvalue weighted by Crippen LogP contribution is 2.28. The highest BCUT2D eigenvalue weighted by molar-refractivity contribution is 5.79. The van der Waals surface area contributed by atoms with Crippen LogP contribution in [0.1, 0.15) is 50.0 Å². The Morgan fingerprint density at radius 2 is 2.00 bits per heavy atom. The number of carbonyl (C=O) groups excluding carboxylic acids is 1. The van der Waals surface area contributed by atoms with Gasteiger partial charge in [-0.3, -0.25) is 9.69 Å². The van der Waals surface area contributed by atoms with Gasteiger partial charge in [-0.1, -0.05) is 31.0 Å². The van der Waals surface area contributed by atoms with Crippen molar-refractivity contribution >= 4 is 5.91 Å². The monoisotopic (exact) mass is 392 g/mol. The fraction of sp³-hybridized carbons (Fsp3) is 0.522. The van der Waals surface area contributed by atoms with Crippen LogP contribution in [0.3, 0.4) is 0 Å². The lowest BCUT2D eigenvalue weighted by atomic mass is 10.2. The van der Waals surface area contributed by atoms with Gasteiger partial charge in [0.05, 0.1) is 18.3 Å². The van der Waals surface area contributed by atoms with E-state index in [9.17, 15) is 10.1 Å². The Morgan fingerprint density at radius 3 is 2.72 bits per heavy atom. The van der Waals surface area contributed by atoms with E-state index in [0.717, 1.165) is 42.7 Å². The minimum atomic E-state index is -0.272. The molecule has 4 rings (SSSR count). The van der Waals surface area contributed by atoms with E-state index < -0.39 is 0 Å². The Kier molecular flexibility index (Phi) is 5.96. The van der Waals surface area contributed by atoms with Gasteiger partial charge < -0.3 is 9.32 Å². The van der Waals surface area contributed by atoms with E-state index in [1.165, 1.54) is 12.8 Å². The SMILES string of the molecule is Cc1oc(-c2ccccc2)nc1CN(CC(=O)N1CCCC1C#N)C1CCCC1. The molecule has 1 saturated carbocycles. The number of hydrogen-bond donors (Lipinski definition) is 0. The molecule has 2 heterocycles. The van der Waals surface area contributed by atoms with Gasteiger partial charge in [0.25, 0.3) is 0 Å². The molecule has 152 valence electrons. The number of rotatable bonds is 6. The van der Waals surface area contributed by atoms with Crippen molar-refractivity contribution < 1.29 is 9.21 Å². The van der Waals surface area contributed by atoms with Crippen LogP contribution in [0.15, 0.2) is 34.7 Å². The molecule has 1 saturated heterocycles. The Labute approximate surface area is 172 Å². The summed E-state index contributed by atoms with van der Waals surface area (Å²) in [5.74, 6) is 1.49. The second-order valence-electron chi connectivity index (χ2n) is 8.11. The molecule has 0 N–H and O–H groups in total. The Morgan fingerprint density at radius 1 is 1.24 bits per heavy atom. The molecule has 1 aliphatic carbocycles. The number of oxazole rings is 1. The van der Waals surface area contributed by atoms with E-state index in [1.54, 1.807) is 4.90 Å². The molecular formula is C23H28N4O2. The zero-order chi connectivity index (χ0) is 20.2. The lowest BCUT2D eigenvalue weighted by Gasteiger charge is -2.30. The summed E-state index contributed by atoms with van der Waals surface area (Å²) in [4.78, 5) is 21.7. The minimum absolute atomic E-state index is 0.0605. The topological polar surface area (TPSA) is 73.4 Å². The highest BCUT2D eigenvalue weighted by Gasteiger charge is 2.32. The molecule has 29 heavy (non-hydrogen) atoms. The number of aryl methyl sites for hydroxylation is 1. The molecule has 2 aliphatic rings. The summed E-state index contributed by atoms with van der Waals surface area (Å²) >= 11 is 0. The van der Waals surface area contributed by atoms with Crippen molar-refractivity contribution in [1.29, 1.82) is 5.26 Å². The van der Waals surface area contributed by atoms with Gasteiger partial charge in [-0.25, -0.2) is 4.98 Å². The van der Waals surface area contributed by atoms with Gasteiger partial charge in [-0.2, -0.15) is 5.26 Å². The van der Waals surface area contributed by atoms with Gasteiger partial charge in [0.15, 0.2) is 0 Å². The molecule has 6 nitrogen and oxygen atoms in total. The van der Waals surface area contributed by atoms with E-state index >= 15 is 0 Å². The summed E-state index contributed by atoms with van der Waals surface area (Å²) in [7, 11) is 0. The van der Waals surface area contributed by atoms with Gasteiger partial charge >= 0.3 is 0 Å². The van der Waals surface area contributed by atoms with Crippen LogP contribution in [0.4, 0.5) is 0 Å². The van der Waals surface area contributed by atoms with Crippen LogP contribution in [-0.2, 0) is 11.3 Å². The first-order valence-electron chi connectivity index (χ1n) is 10.6. The first kappa shape index (κ1) is 19.7. The second-order valence-corrected chi connectivity index (χ2v) is 8.11. The van der Waals surface area contributed by atoms with E-state index in [0.29, 0.717) is 31.6 Å². The van der Waals surface area contributed by atoms with Crippen molar-refractivity contribution in [3.63, 3.8) is 0 Å². The molecule has 1 aliphatic heterocycles. The molecule has 0 radical (unpaired) electrons. The Hall–Kier alpha value is -2.65. The van der Waals surface area contributed by atoms with Crippen LogP contribution < -0.4 is 0 Å². The third-order valence-electron chi connectivity index (χ3n) is 6.17. The van der Waals surface area contributed by atoms with Gasteiger partial charge in [-0.05, 0) is 44.7 Å². The quantitative estimate of drug-likeness (QED) is 0.745. The van der Waals surface area contributed by atoms with Crippen LogP contribution in [0.2, 0.25) is 0 Å². The molecule has 1 atom stereocenters. The third kappa shape index (κ3) is 4.35. The van der Waals surface area contributed by atoms with Crippen LogP contribution >= 0.6 is 0 Å². The molecule has 1 aromatic carbocycles. The molecule has 6 heteroatoms. The largest absolute Gasteiger partial charge is 0.441 e. The molecule has 2 fully saturated rings. The maximum Gasteiger partial charge on any atom is 0.237 e. The van der Waals surface area contributed by atoms with Crippen molar-refractivity contribution in [1.82, 2.24) is 14.8 Å². The number of benzene rings is 1. The summed E-state index contributed by atoms with van der Waals surface area (Å²) < 4.78 is 5.93. The number of likely N-dealkylation sites (tertiary alicyclic amines) is 1. The summed E-state index contributed by atoms with van der Waals surface area (Å²) in [6.07, 6.45) is 6.32. The number of nitriles is 1. The van der Waals surface area contributed by atoms with Crippen LogP contribution in [0.5, 0.6) is 0 Å². The van der Waals surface area contributed by atoms with Gasteiger partial charge in [0, 0.05) is 24.7 Å². The zero-order valence-electron chi connectivity index (χ0n) is 17.0. The van der Waals surface area contributed by atoms with Crippen molar-refractivity contribution in [2.24, 2.45) is 0 Å². The lowest BCUT2D eigenvalue weighted by molar-refractivity contribution is -0.133. The summed E-state index contributed by atoms with van der Waals surface area (Å²) in [5, 5.41) is 9.33. The molecule has 1 unspecified atom stereocenters. The molecule has 0 spiro atoms. The van der Waals surface area contributed by atoms with Crippen LogP contribution in [0.25, 0.3) is 11.5 Å².